The average molecular weight is 598 g/mol. The van der Waals surface area contributed by atoms with Crippen molar-refractivity contribution < 1.29 is 31.9 Å². The quantitative estimate of drug-likeness (QED) is 0.298. The van der Waals surface area contributed by atoms with Crippen molar-refractivity contribution in [2.24, 2.45) is 0 Å². The van der Waals surface area contributed by atoms with Crippen LogP contribution in [0, 0.1) is 5.82 Å². The number of nitrogens with zero attached hydrogens (tertiary/aromatic N) is 2. The van der Waals surface area contributed by atoms with Gasteiger partial charge in [0.25, 0.3) is 0 Å². The molecule has 0 saturated carbocycles. The lowest BCUT2D eigenvalue weighted by molar-refractivity contribution is -0.141. The normalized spacial score (nSPS) is 12.9. The molecule has 11 heteroatoms. The van der Waals surface area contributed by atoms with Crippen molar-refractivity contribution in [1.82, 2.24) is 10.2 Å². The van der Waals surface area contributed by atoms with Gasteiger partial charge in [-0.3, -0.25) is 13.9 Å². The van der Waals surface area contributed by atoms with E-state index in [1.165, 1.54) is 21.3 Å². The second kappa shape index (κ2) is 14.2. The van der Waals surface area contributed by atoms with Crippen molar-refractivity contribution in [3.8, 4) is 11.5 Å². The third-order valence-electron chi connectivity index (χ3n) is 6.88. The van der Waals surface area contributed by atoms with Gasteiger partial charge in [0.1, 0.15) is 11.9 Å². The average Bonchev–Trinajstić information content (AvgIpc) is 3.44. The monoisotopic (exact) mass is 597 g/mol. The number of carbonyl (C=O) groups excluding carboxylic acids is 2. The molecule has 9 nitrogen and oxygen atoms in total. The summed E-state index contributed by atoms with van der Waals surface area (Å²) in [7, 11) is -3.67. The third kappa shape index (κ3) is 8.22. The fraction of sp³-hybridized carbons (Fsp3) is 0.355. The zero-order valence-electron chi connectivity index (χ0n) is 23.8. The van der Waals surface area contributed by atoms with Gasteiger partial charge in [-0.05, 0) is 48.2 Å². The van der Waals surface area contributed by atoms with Gasteiger partial charge in [0, 0.05) is 38.5 Å². The van der Waals surface area contributed by atoms with E-state index in [9.17, 15) is 22.4 Å². The molecule has 0 radical (unpaired) electrons. The number of hydrogen-bond acceptors (Lipinski definition) is 6. The highest BCUT2D eigenvalue weighted by atomic mass is 32.2. The molecule has 1 heterocycles. The van der Waals surface area contributed by atoms with Crippen LogP contribution >= 0.6 is 0 Å². The summed E-state index contributed by atoms with van der Waals surface area (Å²) in [5.74, 6) is -0.0166. The fourth-order valence-electron chi connectivity index (χ4n) is 4.75. The first-order valence-electron chi connectivity index (χ1n) is 13.9. The number of benzene rings is 3. The summed E-state index contributed by atoms with van der Waals surface area (Å²) in [6.07, 6.45) is 2.32. The first-order chi connectivity index (χ1) is 20.2. The molecule has 1 atom stereocenters. The van der Waals surface area contributed by atoms with Crippen LogP contribution in [0.15, 0.2) is 72.8 Å². The number of anilines is 1. The molecule has 2 amide bonds. The maximum absolute atomic E-state index is 13.8. The van der Waals surface area contributed by atoms with Crippen LogP contribution in [0.4, 0.5) is 10.1 Å². The van der Waals surface area contributed by atoms with E-state index in [1.54, 1.807) is 30.3 Å². The second-order valence-corrected chi connectivity index (χ2v) is 12.0. The van der Waals surface area contributed by atoms with Crippen LogP contribution in [-0.2, 0) is 32.6 Å². The topological polar surface area (TPSA) is 105 Å². The predicted octanol–water partition coefficient (Wildman–Crippen LogP) is 4.27. The van der Waals surface area contributed by atoms with Crippen LogP contribution in [-0.4, -0.2) is 57.3 Å². The van der Waals surface area contributed by atoms with Gasteiger partial charge in [0.2, 0.25) is 28.6 Å². The van der Waals surface area contributed by atoms with Crippen LogP contribution in [0.25, 0.3) is 0 Å². The molecular formula is C31H36FN3O6S. The van der Waals surface area contributed by atoms with Crippen molar-refractivity contribution in [3.05, 3.63) is 89.7 Å². The van der Waals surface area contributed by atoms with Gasteiger partial charge in [-0.25, -0.2) is 12.8 Å². The summed E-state index contributed by atoms with van der Waals surface area (Å²) >= 11 is 0. The second-order valence-electron chi connectivity index (χ2n) is 10.1. The molecule has 0 aromatic heterocycles. The first kappa shape index (κ1) is 30.8. The van der Waals surface area contributed by atoms with E-state index in [0.717, 1.165) is 18.2 Å². The van der Waals surface area contributed by atoms with Crippen LogP contribution in [0.2, 0.25) is 0 Å². The van der Waals surface area contributed by atoms with E-state index in [2.05, 4.69) is 5.32 Å². The molecule has 1 N–H and O–H groups in total. The molecule has 224 valence electrons. The highest BCUT2D eigenvalue weighted by molar-refractivity contribution is 7.92. The lowest BCUT2D eigenvalue weighted by atomic mass is 10.0. The largest absolute Gasteiger partial charge is 0.454 e. The van der Waals surface area contributed by atoms with Crippen LogP contribution < -0.4 is 19.1 Å². The summed E-state index contributed by atoms with van der Waals surface area (Å²) in [6.45, 7) is 2.60. The molecule has 0 saturated heterocycles. The number of sulfonamides is 1. The molecule has 0 aliphatic carbocycles. The van der Waals surface area contributed by atoms with E-state index < -0.39 is 21.9 Å². The molecule has 1 aliphatic rings. The van der Waals surface area contributed by atoms with E-state index in [4.69, 9.17) is 9.47 Å². The lowest BCUT2D eigenvalue weighted by Crippen LogP contribution is -2.50. The van der Waals surface area contributed by atoms with Crippen molar-refractivity contribution in [3.63, 3.8) is 0 Å². The molecule has 0 fully saturated rings. The number of ether oxygens (including phenoxy) is 2. The number of amides is 2. The number of carbonyl (C=O) groups is 2. The molecule has 42 heavy (non-hydrogen) atoms. The van der Waals surface area contributed by atoms with Crippen molar-refractivity contribution >= 4 is 27.5 Å². The number of hydrogen-bond donors (Lipinski definition) is 1. The Morgan fingerprint density at radius 1 is 0.976 bits per heavy atom. The first-order valence-corrected chi connectivity index (χ1v) is 15.7. The summed E-state index contributed by atoms with van der Waals surface area (Å²) in [5, 5.41) is 2.92. The zero-order valence-corrected chi connectivity index (χ0v) is 24.6. The van der Waals surface area contributed by atoms with Gasteiger partial charge in [0.05, 0.1) is 11.9 Å². The highest BCUT2D eigenvalue weighted by Crippen LogP contribution is 2.36. The van der Waals surface area contributed by atoms with E-state index in [-0.39, 0.29) is 51.0 Å². The molecule has 0 unspecified atom stereocenters. The van der Waals surface area contributed by atoms with Gasteiger partial charge in [-0.2, -0.15) is 0 Å². The Morgan fingerprint density at radius 2 is 1.69 bits per heavy atom. The molecule has 0 spiro atoms. The Labute approximate surface area is 246 Å². The summed E-state index contributed by atoms with van der Waals surface area (Å²) in [5.41, 5.74) is 1.96. The predicted molar refractivity (Wildman–Crippen MR) is 158 cm³/mol. The van der Waals surface area contributed by atoms with Gasteiger partial charge >= 0.3 is 0 Å². The minimum atomic E-state index is -3.67. The Kier molecular flexibility index (Phi) is 10.4. The molecule has 0 bridgehead atoms. The summed E-state index contributed by atoms with van der Waals surface area (Å²) in [4.78, 5) is 28.7. The maximum atomic E-state index is 13.8. The maximum Gasteiger partial charge on any atom is 0.243 e. The minimum Gasteiger partial charge on any atom is -0.454 e. The van der Waals surface area contributed by atoms with Gasteiger partial charge < -0.3 is 19.7 Å². The highest BCUT2D eigenvalue weighted by Gasteiger charge is 2.30. The van der Waals surface area contributed by atoms with Gasteiger partial charge in [0.15, 0.2) is 11.5 Å². The molecular weight excluding hydrogens is 561 g/mol. The van der Waals surface area contributed by atoms with E-state index in [0.29, 0.717) is 29.3 Å². The van der Waals surface area contributed by atoms with Crippen molar-refractivity contribution in [2.75, 3.05) is 30.4 Å². The Balaban J connectivity index is 1.56. The van der Waals surface area contributed by atoms with Gasteiger partial charge in [-0.15, -0.1) is 0 Å². The minimum absolute atomic E-state index is 0.00981. The zero-order chi connectivity index (χ0) is 30.1. The van der Waals surface area contributed by atoms with E-state index in [1.807, 2.05) is 37.3 Å². The van der Waals surface area contributed by atoms with Crippen LogP contribution in [0.5, 0.6) is 11.5 Å². The Hall–Kier alpha value is -4.12. The number of rotatable bonds is 14. The van der Waals surface area contributed by atoms with Crippen molar-refractivity contribution in [2.45, 2.75) is 45.2 Å². The molecule has 4 rings (SSSR count). The van der Waals surface area contributed by atoms with Crippen LogP contribution in [0.3, 0.4) is 0 Å². The Bertz CT molecular complexity index is 1470. The Morgan fingerprint density at radius 3 is 2.38 bits per heavy atom. The smallest absolute Gasteiger partial charge is 0.243 e. The fourth-order valence-corrected chi connectivity index (χ4v) is 5.71. The van der Waals surface area contributed by atoms with Crippen molar-refractivity contribution in [1.29, 1.82) is 0 Å². The molecule has 3 aromatic carbocycles. The SMILES string of the molecule is CCCNC(=O)[C@@H](Cc1ccccc1)N(Cc1ccc(F)cc1)C(=O)CCCN(c1ccc2c(c1)OCO2)S(C)(=O)=O. The van der Waals surface area contributed by atoms with E-state index >= 15 is 0 Å². The summed E-state index contributed by atoms with van der Waals surface area (Å²) in [6, 6.07) is 19.3. The number of nitrogens with one attached hydrogen (secondary N) is 1. The standard InChI is InChI=1S/C31H36FN3O6S/c1-3-17-33-31(37)27(19-23-8-5-4-6-9-23)34(21-24-11-13-25(32)14-12-24)30(36)10-7-18-35(42(2,38)39)26-15-16-28-29(20-26)41-22-40-28/h4-6,8-9,11-16,20,27H,3,7,10,17-19,21-22H2,1-2H3,(H,33,37)/t27-/m1/s1. The molecule has 3 aromatic rings. The molecule has 1 aliphatic heterocycles. The number of fused-ring (bicyclic) bond motifs is 1. The summed E-state index contributed by atoms with van der Waals surface area (Å²) < 4.78 is 51.0. The number of halogens is 1. The van der Waals surface area contributed by atoms with Crippen LogP contribution in [0.1, 0.15) is 37.3 Å². The third-order valence-corrected chi connectivity index (χ3v) is 8.08. The lowest BCUT2D eigenvalue weighted by Gasteiger charge is -2.32. The van der Waals surface area contributed by atoms with Gasteiger partial charge in [-0.1, -0.05) is 49.4 Å².